The number of fused-ring (bicyclic) bond motifs is 1. The smallest absolute Gasteiger partial charge is 0.218 e. The molecule has 1 aromatic rings. The Morgan fingerprint density at radius 2 is 1.95 bits per heavy atom. The third kappa shape index (κ3) is 4.55. The molecule has 1 N–H and O–H groups in total. The van der Waals surface area contributed by atoms with Crippen molar-refractivity contribution in [3.05, 3.63) is 35.9 Å². The summed E-state index contributed by atoms with van der Waals surface area (Å²) in [6.07, 6.45) is 1.16. The van der Waals surface area contributed by atoms with Gasteiger partial charge in [-0.15, -0.1) is 0 Å². The van der Waals surface area contributed by atoms with Crippen LogP contribution in [0.1, 0.15) is 25.8 Å². The summed E-state index contributed by atoms with van der Waals surface area (Å²) in [5.74, 6) is 0.782. The fraction of sp³-hybridized carbons (Fsp3) is 0.500. The van der Waals surface area contributed by atoms with E-state index in [2.05, 4.69) is 46.1 Å². The van der Waals surface area contributed by atoms with Gasteiger partial charge in [-0.05, 0) is 29.5 Å². The van der Waals surface area contributed by atoms with Gasteiger partial charge < -0.3 is 5.32 Å². The number of halogens is 1. The van der Waals surface area contributed by atoms with Crippen molar-refractivity contribution < 1.29 is 9.59 Å². The molecular formula is C16H21ClN2O2. The summed E-state index contributed by atoms with van der Waals surface area (Å²) >= 11 is 4.64. The summed E-state index contributed by atoms with van der Waals surface area (Å²) < 4.78 is 0. The molecule has 1 aliphatic carbocycles. The number of carbonyl (C=O) groups excluding carboxylic acids is 2. The molecule has 2 unspecified atom stereocenters. The highest BCUT2D eigenvalue weighted by Gasteiger charge is 2.60. The molecule has 1 aromatic carbocycles. The molecule has 1 saturated carbocycles. The van der Waals surface area contributed by atoms with Crippen LogP contribution >= 0.6 is 11.6 Å². The lowest BCUT2D eigenvalue weighted by Gasteiger charge is -2.21. The lowest BCUT2D eigenvalue weighted by molar-refractivity contribution is -0.120. The number of likely N-dealkylation sites (tertiary alicyclic amines) is 1. The van der Waals surface area contributed by atoms with Crippen LogP contribution < -0.4 is 5.32 Å². The Labute approximate surface area is 130 Å². The monoisotopic (exact) mass is 308 g/mol. The van der Waals surface area contributed by atoms with Crippen LogP contribution in [0.2, 0.25) is 0 Å². The Balaban J connectivity index is 0.000000361. The zero-order valence-corrected chi connectivity index (χ0v) is 13.2. The Hall–Kier alpha value is -1.39. The second kappa shape index (κ2) is 6.58. The maximum absolute atomic E-state index is 11.2. The lowest BCUT2D eigenvalue weighted by atomic mass is 10.2. The lowest BCUT2D eigenvalue weighted by Crippen LogP contribution is -2.40. The Kier molecular flexibility index (Phi) is 5.01. The van der Waals surface area contributed by atoms with Gasteiger partial charge >= 0.3 is 0 Å². The van der Waals surface area contributed by atoms with Crippen molar-refractivity contribution in [2.24, 2.45) is 5.92 Å². The first kappa shape index (κ1) is 16.0. The number of amides is 1. The molecule has 3 rings (SSSR count). The zero-order valence-electron chi connectivity index (χ0n) is 12.4. The molecule has 2 atom stereocenters. The maximum atomic E-state index is 11.2. The number of nitrogens with zero attached hydrogens (tertiary/aromatic N) is 1. The summed E-state index contributed by atoms with van der Waals surface area (Å²) in [6, 6.07) is 10.5. The number of carbonyl (C=O) groups is 2. The van der Waals surface area contributed by atoms with Crippen molar-refractivity contribution in [3.8, 4) is 0 Å². The third-order valence-corrected chi connectivity index (χ3v) is 3.89. The van der Waals surface area contributed by atoms with Crippen LogP contribution in [0, 0.1) is 5.92 Å². The Morgan fingerprint density at radius 1 is 1.33 bits per heavy atom. The van der Waals surface area contributed by atoms with E-state index in [9.17, 15) is 9.59 Å². The normalized spacial score (nSPS) is 26.3. The van der Waals surface area contributed by atoms with Gasteiger partial charge in [-0.25, -0.2) is 0 Å². The van der Waals surface area contributed by atoms with Gasteiger partial charge in [-0.3, -0.25) is 14.5 Å². The number of rotatable bonds is 3. The van der Waals surface area contributed by atoms with E-state index in [1.165, 1.54) is 12.5 Å². The molecule has 0 aromatic heterocycles. The molecule has 0 spiro atoms. The molecule has 1 amide bonds. The van der Waals surface area contributed by atoms with Gasteiger partial charge in [-0.1, -0.05) is 30.3 Å². The molecule has 1 aliphatic heterocycles. The van der Waals surface area contributed by atoms with Crippen molar-refractivity contribution in [1.82, 2.24) is 10.2 Å². The number of benzene rings is 1. The molecule has 5 heteroatoms. The molecule has 1 saturated heterocycles. The average molecular weight is 309 g/mol. The van der Waals surface area contributed by atoms with Crippen LogP contribution in [-0.4, -0.2) is 34.7 Å². The molecule has 2 aliphatic rings. The van der Waals surface area contributed by atoms with Gasteiger partial charge in [0, 0.05) is 33.5 Å². The van der Waals surface area contributed by atoms with Gasteiger partial charge in [-0.2, -0.15) is 0 Å². The van der Waals surface area contributed by atoms with Gasteiger partial charge in [0.1, 0.15) is 0 Å². The fourth-order valence-electron chi connectivity index (χ4n) is 3.09. The number of hydrogen-bond acceptors (Lipinski definition) is 3. The first-order chi connectivity index (χ1) is 9.91. The highest BCUT2D eigenvalue weighted by atomic mass is 35.5. The molecular weight excluding hydrogens is 288 g/mol. The van der Waals surface area contributed by atoms with Crippen LogP contribution in [-0.2, 0) is 16.1 Å². The van der Waals surface area contributed by atoms with E-state index in [-0.39, 0.29) is 16.7 Å². The molecule has 4 nitrogen and oxygen atoms in total. The first-order valence-corrected chi connectivity index (χ1v) is 7.50. The van der Waals surface area contributed by atoms with E-state index in [1.807, 2.05) is 6.07 Å². The highest BCUT2D eigenvalue weighted by molar-refractivity contribution is 6.62. The van der Waals surface area contributed by atoms with Crippen LogP contribution in [0.3, 0.4) is 0 Å². The van der Waals surface area contributed by atoms with Crippen molar-refractivity contribution in [3.63, 3.8) is 0 Å². The molecule has 2 fully saturated rings. The quantitative estimate of drug-likeness (QED) is 0.871. The second-order valence-corrected chi connectivity index (χ2v) is 6.40. The minimum Gasteiger partial charge on any atom is -0.349 e. The molecule has 1 heterocycles. The molecule has 0 bridgehead atoms. The van der Waals surface area contributed by atoms with Gasteiger partial charge in [0.05, 0.1) is 5.54 Å². The summed E-state index contributed by atoms with van der Waals surface area (Å²) in [5, 5.41) is 2.77. The fourth-order valence-corrected chi connectivity index (χ4v) is 3.09. The van der Waals surface area contributed by atoms with Crippen LogP contribution in [0.4, 0.5) is 0 Å². The van der Waals surface area contributed by atoms with Gasteiger partial charge in [0.2, 0.25) is 11.1 Å². The molecule has 0 radical (unpaired) electrons. The maximum Gasteiger partial charge on any atom is 0.218 e. The van der Waals surface area contributed by atoms with Crippen molar-refractivity contribution in [2.75, 3.05) is 13.1 Å². The van der Waals surface area contributed by atoms with E-state index >= 15 is 0 Å². The summed E-state index contributed by atoms with van der Waals surface area (Å²) in [7, 11) is 0. The first-order valence-electron chi connectivity index (χ1n) is 7.12. The Morgan fingerprint density at radius 3 is 2.52 bits per heavy atom. The van der Waals surface area contributed by atoms with E-state index < -0.39 is 0 Å². The van der Waals surface area contributed by atoms with Crippen molar-refractivity contribution >= 4 is 22.8 Å². The van der Waals surface area contributed by atoms with Crippen LogP contribution in [0.25, 0.3) is 0 Å². The van der Waals surface area contributed by atoms with Crippen molar-refractivity contribution in [2.45, 2.75) is 32.4 Å². The van der Waals surface area contributed by atoms with E-state index in [0.29, 0.717) is 5.92 Å². The molecule has 114 valence electrons. The standard InChI is InChI=1S/C14H18N2O.C2H3ClO/c1-11(17)15-14-7-13(14)9-16(10-14)8-12-5-3-2-4-6-12;1-2(3)4/h2-6,13H,7-10H2,1H3,(H,15,17);1H3. The predicted octanol–water partition coefficient (Wildman–Crippen LogP) is 2.17. The van der Waals surface area contributed by atoms with E-state index in [0.717, 1.165) is 26.1 Å². The van der Waals surface area contributed by atoms with Crippen LogP contribution in [0.5, 0.6) is 0 Å². The largest absolute Gasteiger partial charge is 0.349 e. The minimum atomic E-state index is -0.361. The average Bonchev–Trinajstić information content (AvgIpc) is 2.90. The number of hydrogen-bond donors (Lipinski definition) is 1. The number of nitrogens with one attached hydrogen (secondary N) is 1. The third-order valence-electron chi connectivity index (χ3n) is 3.89. The predicted molar refractivity (Wildman–Crippen MR) is 82.9 cm³/mol. The topological polar surface area (TPSA) is 49.4 Å². The van der Waals surface area contributed by atoms with Gasteiger partial charge in [0.25, 0.3) is 0 Å². The van der Waals surface area contributed by atoms with E-state index in [4.69, 9.17) is 0 Å². The van der Waals surface area contributed by atoms with Crippen LogP contribution in [0.15, 0.2) is 30.3 Å². The second-order valence-electron chi connectivity index (χ2n) is 5.86. The van der Waals surface area contributed by atoms with Gasteiger partial charge in [0.15, 0.2) is 0 Å². The van der Waals surface area contributed by atoms with E-state index in [1.54, 1.807) is 6.92 Å². The minimum absolute atomic E-state index is 0.106. The highest BCUT2D eigenvalue weighted by Crippen LogP contribution is 2.49. The Bertz CT molecular complexity index is 516. The summed E-state index contributed by atoms with van der Waals surface area (Å²) in [6.45, 7) is 6.03. The SMILES string of the molecule is CC(=O)Cl.CC(=O)NC12CC1CN(Cc1ccccc1)C2. The summed E-state index contributed by atoms with van der Waals surface area (Å²) in [4.78, 5) is 22.8. The number of piperidine rings is 1. The summed E-state index contributed by atoms with van der Waals surface area (Å²) in [5.41, 5.74) is 1.47. The van der Waals surface area contributed by atoms with Crippen molar-refractivity contribution in [1.29, 1.82) is 0 Å². The molecule has 21 heavy (non-hydrogen) atoms. The zero-order chi connectivity index (χ0) is 15.5.